The van der Waals surface area contributed by atoms with Gasteiger partial charge in [0.15, 0.2) is 0 Å². The van der Waals surface area contributed by atoms with Crippen LogP contribution in [-0.2, 0) is 6.54 Å². The second-order valence-corrected chi connectivity index (χ2v) is 4.27. The fraction of sp³-hybridized carbons (Fsp3) is 0.143. The molecule has 2 N–H and O–H groups in total. The Bertz CT molecular complexity index is 572. The predicted octanol–water partition coefficient (Wildman–Crippen LogP) is 3.61. The lowest BCUT2D eigenvalue weighted by molar-refractivity contribution is 0.415. The SMILES string of the molecule is COc1ccc(F)cc1-c1cc(CN)ccc1Cl. The molecular formula is C14H13ClFNO. The largest absolute Gasteiger partial charge is 0.496 e. The minimum absolute atomic E-state index is 0.333. The normalized spacial score (nSPS) is 10.4. The van der Waals surface area contributed by atoms with E-state index in [-0.39, 0.29) is 5.82 Å². The molecule has 0 saturated heterocycles. The summed E-state index contributed by atoms with van der Waals surface area (Å²) >= 11 is 6.15. The van der Waals surface area contributed by atoms with Gasteiger partial charge in [0.2, 0.25) is 0 Å². The van der Waals surface area contributed by atoms with Crippen LogP contribution in [0.4, 0.5) is 4.39 Å². The van der Waals surface area contributed by atoms with Gasteiger partial charge in [0.25, 0.3) is 0 Å². The van der Waals surface area contributed by atoms with Crippen LogP contribution in [0.25, 0.3) is 11.1 Å². The van der Waals surface area contributed by atoms with Crippen molar-refractivity contribution in [2.45, 2.75) is 6.54 Å². The van der Waals surface area contributed by atoms with Gasteiger partial charge in [0, 0.05) is 22.7 Å². The molecule has 0 heterocycles. The first-order chi connectivity index (χ1) is 8.65. The number of halogens is 2. The third-order valence-corrected chi connectivity index (χ3v) is 3.05. The first-order valence-electron chi connectivity index (χ1n) is 5.48. The van der Waals surface area contributed by atoms with Crippen molar-refractivity contribution in [1.82, 2.24) is 0 Å². The molecule has 94 valence electrons. The van der Waals surface area contributed by atoms with Gasteiger partial charge >= 0.3 is 0 Å². The Kier molecular flexibility index (Phi) is 3.84. The quantitative estimate of drug-likeness (QED) is 0.920. The summed E-state index contributed by atoms with van der Waals surface area (Å²) in [7, 11) is 1.54. The third-order valence-electron chi connectivity index (χ3n) is 2.72. The Hall–Kier alpha value is -1.58. The lowest BCUT2D eigenvalue weighted by Crippen LogP contribution is -1.97. The van der Waals surface area contributed by atoms with Gasteiger partial charge < -0.3 is 10.5 Å². The molecule has 2 nitrogen and oxygen atoms in total. The molecule has 0 aromatic heterocycles. The van der Waals surface area contributed by atoms with Crippen LogP contribution in [0.5, 0.6) is 5.75 Å². The molecule has 0 atom stereocenters. The van der Waals surface area contributed by atoms with Crippen molar-refractivity contribution in [3.05, 3.63) is 52.8 Å². The van der Waals surface area contributed by atoms with Crippen molar-refractivity contribution < 1.29 is 9.13 Å². The molecule has 0 bridgehead atoms. The Labute approximate surface area is 110 Å². The summed E-state index contributed by atoms with van der Waals surface area (Å²) in [4.78, 5) is 0. The van der Waals surface area contributed by atoms with E-state index >= 15 is 0 Å². The highest BCUT2D eigenvalue weighted by Gasteiger charge is 2.11. The van der Waals surface area contributed by atoms with Gasteiger partial charge in [-0.05, 0) is 35.9 Å². The summed E-state index contributed by atoms with van der Waals surface area (Å²) in [6, 6.07) is 9.78. The van der Waals surface area contributed by atoms with Gasteiger partial charge in [0.05, 0.1) is 7.11 Å². The highest BCUT2D eigenvalue weighted by atomic mass is 35.5. The number of ether oxygens (including phenoxy) is 1. The van der Waals surface area contributed by atoms with Gasteiger partial charge in [0.1, 0.15) is 11.6 Å². The summed E-state index contributed by atoms with van der Waals surface area (Å²) in [5.74, 6) is 0.243. The van der Waals surface area contributed by atoms with Crippen molar-refractivity contribution in [3.63, 3.8) is 0 Å². The van der Waals surface area contributed by atoms with Crippen LogP contribution in [-0.4, -0.2) is 7.11 Å². The van der Waals surface area contributed by atoms with E-state index in [1.54, 1.807) is 12.1 Å². The zero-order valence-electron chi connectivity index (χ0n) is 9.91. The first kappa shape index (κ1) is 12.9. The Morgan fingerprint density at radius 3 is 2.61 bits per heavy atom. The van der Waals surface area contributed by atoms with Crippen LogP contribution >= 0.6 is 11.6 Å². The van der Waals surface area contributed by atoms with Crippen LogP contribution in [0.3, 0.4) is 0 Å². The molecule has 0 fully saturated rings. The molecule has 0 amide bonds. The molecule has 0 aliphatic carbocycles. The Morgan fingerprint density at radius 2 is 1.94 bits per heavy atom. The summed E-state index contributed by atoms with van der Waals surface area (Å²) in [6.45, 7) is 0.405. The topological polar surface area (TPSA) is 35.2 Å². The van der Waals surface area contributed by atoms with Crippen molar-refractivity contribution in [3.8, 4) is 16.9 Å². The molecular weight excluding hydrogens is 253 g/mol. The van der Waals surface area contributed by atoms with E-state index in [1.165, 1.54) is 19.2 Å². The number of hydrogen-bond donors (Lipinski definition) is 1. The minimum Gasteiger partial charge on any atom is -0.496 e. The maximum absolute atomic E-state index is 13.4. The summed E-state index contributed by atoms with van der Waals surface area (Å²) in [5, 5.41) is 0.538. The number of hydrogen-bond acceptors (Lipinski definition) is 2. The smallest absolute Gasteiger partial charge is 0.126 e. The lowest BCUT2D eigenvalue weighted by atomic mass is 10.0. The van der Waals surface area contributed by atoms with Crippen molar-refractivity contribution in [1.29, 1.82) is 0 Å². The fourth-order valence-electron chi connectivity index (χ4n) is 1.80. The molecule has 2 rings (SSSR count). The van der Waals surface area contributed by atoms with Gasteiger partial charge in [-0.2, -0.15) is 0 Å². The molecule has 0 radical (unpaired) electrons. The summed E-state index contributed by atoms with van der Waals surface area (Å²) < 4.78 is 18.6. The summed E-state index contributed by atoms with van der Waals surface area (Å²) in [5.41, 5.74) is 7.87. The van der Waals surface area contributed by atoms with E-state index in [0.717, 1.165) is 11.1 Å². The lowest BCUT2D eigenvalue weighted by Gasteiger charge is -2.11. The third kappa shape index (κ3) is 2.47. The number of methoxy groups -OCH3 is 1. The first-order valence-corrected chi connectivity index (χ1v) is 5.86. The predicted molar refractivity (Wildman–Crippen MR) is 71.3 cm³/mol. The molecule has 2 aromatic rings. The average Bonchev–Trinajstić information content (AvgIpc) is 2.39. The average molecular weight is 266 g/mol. The number of nitrogens with two attached hydrogens (primary N) is 1. The fourth-order valence-corrected chi connectivity index (χ4v) is 2.02. The monoisotopic (exact) mass is 265 g/mol. The van der Waals surface area contributed by atoms with Crippen LogP contribution in [0.15, 0.2) is 36.4 Å². The van der Waals surface area contributed by atoms with Crippen molar-refractivity contribution in [2.24, 2.45) is 5.73 Å². The number of benzene rings is 2. The van der Waals surface area contributed by atoms with E-state index in [9.17, 15) is 4.39 Å². The molecule has 0 saturated carbocycles. The van der Waals surface area contributed by atoms with Crippen LogP contribution in [0.2, 0.25) is 5.02 Å². The van der Waals surface area contributed by atoms with Crippen LogP contribution in [0, 0.1) is 5.82 Å². The van der Waals surface area contributed by atoms with Gasteiger partial charge in [-0.15, -0.1) is 0 Å². The highest BCUT2D eigenvalue weighted by Crippen LogP contribution is 2.35. The van der Waals surface area contributed by atoms with Crippen LogP contribution < -0.4 is 10.5 Å². The van der Waals surface area contributed by atoms with Gasteiger partial charge in [-0.25, -0.2) is 4.39 Å². The highest BCUT2D eigenvalue weighted by molar-refractivity contribution is 6.33. The van der Waals surface area contributed by atoms with Crippen molar-refractivity contribution >= 4 is 11.6 Å². The van der Waals surface area contributed by atoms with E-state index in [0.29, 0.717) is 22.9 Å². The molecule has 0 aliphatic heterocycles. The molecule has 4 heteroatoms. The zero-order chi connectivity index (χ0) is 13.1. The maximum atomic E-state index is 13.4. The van der Waals surface area contributed by atoms with E-state index < -0.39 is 0 Å². The van der Waals surface area contributed by atoms with E-state index in [1.807, 2.05) is 12.1 Å². The zero-order valence-corrected chi connectivity index (χ0v) is 10.7. The van der Waals surface area contributed by atoms with E-state index in [2.05, 4.69) is 0 Å². The molecule has 0 spiro atoms. The Morgan fingerprint density at radius 1 is 1.17 bits per heavy atom. The second-order valence-electron chi connectivity index (χ2n) is 3.86. The molecule has 2 aromatic carbocycles. The molecule has 0 unspecified atom stereocenters. The Balaban J connectivity index is 2.63. The van der Waals surface area contributed by atoms with Crippen LogP contribution in [0.1, 0.15) is 5.56 Å². The summed E-state index contributed by atoms with van der Waals surface area (Å²) in [6.07, 6.45) is 0. The van der Waals surface area contributed by atoms with Gasteiger partial charge in [-0.1, -0.05) is 17.7 Å². The van der Waals surface area contributed by atoms with Crippen molar-refractivity contribution in [2.75, 3.05) is 7.11 Å². The van der Waals surface area contributed by atoms with Gasteiger partial charge in [-0.3, -0.25) is 0 Å². The van der Waals surface area contributed by atoms with E-state index in [4.69, 9.17) is 22.1 Å². The second kappa shape index (κ2) is 5.38. The molecule has 18 heavy (non-hydrogen) atoms. The maximum Gasteiger partial charge on any atom is 0.126 e. The minimum atomic E-state index is -0.333. The molecule has 0 aliphatic rings. The standard InChI is InChI=1S/C14H13ClFNO/c1-18-14-5-3-10(16)7-12(14)11-6-9(8-17)2-4-13(11)15/h2-7H,8,17H2,1H3. The number of rotatable bonds is 3.